The number of carboxylic acid groups (broad SMARTS) is 1. The molecule has 3 N–H and O–H groups in total. The summed E-state index contributed by atoms with van der Waals surface area (Å²) in [6.45, 7) is 15.3. The van der Waals surface area contributed by atoms with Crippen LogP contribution in [-0.2, 0) is 4.79 Å². The first kappa shape index (κ1) is 21.9. The summed E-state index contributed by atoms with van der Waals surface area (Å²) in [5.74, 6) is -0.799. The smallest absolute Gasteiger partial charge is 0.317 e. The Morgan fingerprint density at radius 3 is 2.22 bits per heavy atom. The predicted octanol–water partition coefficient (Wildman–Crippen LogP) is 0.639. The molecule has 0 spiro atoms. The summed E-state index contributed by atoms with van der Waals surface area (Å²) < 4.78 is 0. The monoisotopic (exact) mass is 383 g/mol. The van der Waals surface area contributed by atoms with Crippen molar-refractivity contribution in [1.82, 2.24) is 25.3 Å². The van der Waals surface area contributed by atoms with E-state index in [0.717, 1.165) is 52.1 Å². The second-order valence-corrected chi connectivity index (χ2v) is 8.47. The van der Waals surface area contributed by atoms with Crippen LogP contribution in [0.15, 0.2) is 0 Å². The molecule has 0 atom stereocenters. The topological polar surface area (TPSA) is 88.2 Å². The van der Waals surface area contributed by atoms with E-state index < -0.39 is 5.97 Å². The van der Waals surface area contributed by atoms with Gasteiger partial charge in [-0.2, -0.15) is 0 Å². The number of likely N-dealkylation sites (N-methyl/N-ethyl adjacent to an activating group) is 2. The van der Waals surface area contributed by atoms with Gasteiger partial charge in [-0.3, -0.25) is 14.6 Å². The quantitative estimate of drug-likeness (QED) is 0.542. The number of piperazine rings is 1. The molecule has 2 aliphatic rings. The van der Waals surface area contributed by atoms with Gasteiger partial charge >= 0.3 is 12.0 Å². The third-order valence-corrected chi connectivity index (χ3v) is 5.69. The van der Waals surface area contributed by atoms with Gasteiger partial charge in [0.2, 0.25) is 0 Å². The standard InChI is InChI=1S/C19H37N5O3/c1-5-22-7-9-23(10-8-22)14-19(3,4)21-18(27)20-15-11-16(12-15)24(6-2)13-17(25)26/h15-16H,5-14H2,1-4H3,(H,25,26)(H2,20,21,27). The molecule has 1 saturated carbocycles. The number of nitrogens with one attached hydrogen (secondary N) is 2. The highest BCUT2D eigenvalue weighted by atomic mass is 16.4. The molecule has 2 rings (SSSR count). The van der Waals surface area contributed by atoms with E-state index >= 15 is 0 Å². The van der Waals surface area contributed by atoms with Crippen LogP contribution < -0.4 is 10.6 Å². The molecule has 0 unspecified atom stereocenters. The Bertz CT molecular complexity index is 500. The summed E-state index contributed by atoms with van der Waals surface area (Å²) in [5.41, 5.74) is -0.291. The third-order valence-electron chi connectivity index (χ3n) is 5.69. The van der Waals surface area contributed by atoms with Gasteiger partial charge in [-0.1, -0.05) is 13.8 Å². The Labute approximate surface area is 163 Å². The molecule has 0 aromatic rings. The SMILES string of the molecule is CCN1CCN(CC(C)(C)NC(=O)NC2CC(N(CC)CC(=O)O)C2)CC1. The first-order chi connectivity index (χ1) is 12.7. The van der Waals surface area contributed by atoms with Crippen molar-refractivity contribution in [3.63, 3.8) is 0 Å². The summed E-state index contributed by atoms with van der Waals surface area (Å²) in [4.78, 5) is 30.1. The summed E-state index contributed by atoms with van der Waals surface area (Å²) in [5, 5.41) is 15.1. The number of carbonyl (C=O) groups is 2. The summed E-state index contributed by atoms with van der Waals surface area (Å²) in [7, 11) is 0. The number of rotatable bonds is 9. The van der Waals surface area contributed by atoms with Gasteiger partial charge in [-0.25, -0.2) is 4.79 Å². The van der Waals surface area contributed by atoms with E-state index in [-0.39, 0.29) is 30.2 Å². The fourth-order valence-corrected chi connectivity index (χ4v) is 4.07. The van der Waals surface area contributed by atoms with Gasteiger partial charge in [0, 0.05) is 50.3 Å². The molecule has 1 aliphatic heterocycles. The Balaban J connectivity index is 1.68. The summed E-state index contributed by atoms with van der Waals surface area (Å²) in [6, 6.07) is 0.248. The molecular weight excluding hydrogens is 346 g/mol. The Hall–Kier alpha value is -1.38. The van der Waals surface area contributed by atoms with Gasteiger partial charge in [-0.05, 0) is 39.8 Å². The Kier molecular flexibility index (Phi) is 7.88. The number of carbonyl (C=O) groups excluding carboxylic acids is 1. The van der Waals surface area contributed by atoms with E-state index in [1.165, 1.54) is 0 Å². The van der Waals surface area contributed by atoms with Gasteiger partial charge in [0.25, 0.3) is 0 Å². The van der Waals surface area contributed by atoms with Crippen LogP contribution in [0.2, 0.25) is 0 Å². The average Bonchev–Trinajstić information content (AvgIpc) is 2.55. The van der Waals surface area contributed by atoms with Crippen LogP contribution in [0.25, 0.3) is 0 Å². The van der Waals surface area contributed by atoms with Gasteiger partial charge in [0.1, 0.15) is 0 Å². The maximum absolute atomic E-state index is 12.4. The third kappa shape index (κ3) is 6.93. The lowest BCUT2D eigenvalue weighted by Gasteiger charge is -2.43. The summed E-state index contributed by atoms with van der Waals surface area (Å²) in [6.07, 6.45) is 1.63. The van der Waals surface area contributed by atoms with Crippen LogP contribution in [0.4, 0.5) is 4.79 Å². The minimum absolute atomic E-state index is 0.0679. The van der Waals surface area contributed by atoms with Crippen molar-refractivity contribution >= 4 is 12.0 Å². The van der Waals surface area contributed by atoms with Crippen molar-refractivity contribution < 1.29 is 14.7 Å². The largest absolute Gasteiger partial charge is 0.480 e. The number of hydrogen-bond acceptors (Lipinski definition) is 5. The average molecular weight is 384 g/mol. The van der Waals surface area contributed by atoms with Gasteiger partial charge in [0.15, 0.2) is 0 Å². The first-order valence-corrected chi connectivity index (χ1v) is 10.2. The normalized spacial score (nSPS) is 24.5. The molecule has 1 heterocycles. The highest BCUT2D eigenvalue weighted by molar-refractivity contribution is 5.75. The predicted molar refractivity (Wildman–Crippen MR) is 106 cm³/mol. The maximum Gasteiger partial charge on any atom is 0.317 e. The zero-order valence-electron chi connectivity index (χ0n) is 17.3. The van der Waals surface area contributed by atoms with Crippen LogP contribution in [0.1, 0.15) is 40.5 Å². The van der Waals surface area contributed by atoms with Gasteiger partial charge < -0.3 is 20.6 Å². The first-order valence-electron chi connectivity index (χ1n) is 10.2. The molecule has 0 radical (unpaired) electrons. The maximum atomic E-state index is 12.4. The fraction of sp³-hybridized carbons (Fsp3) is 0.895. The van der Waals surface area contributed by atoms with Crippen molar-refractivity contribution in [1.29, 1.82) is 0 Å². The van der Waals surface area contributed by atoms with Crippen LogP contribution in [-0.4, -0.2) is 102 Å². The zero-order valence-corrected chi connectivity index (χ0v) is 17.3. The van der Waals surface area contributed by atoms with E-state index in [9.17, 15) is 9.59 Å². The molecule has 27 heavy (non-hydrogen) atoms. The molecule has 2 fully saturated rings. The Morgan fingerprint density at radius 2 is 1.70 bits per heavy atom. The van der Waals surface area contributed by atoms with Crippen LogP contribution in [0.5, 0.6) is 0 Å². The van der Waals surface area contributed by atoms with Crippen LogP contribution in [0.3, 0.4) is 0 Å². The molecule has 8 heteroatoms. The highest BCUT2D eigenvalue weighted by Crippen LogP contribution is 2.25. The minimum atomic E-state index is -0.799. The van der Waals surface area contributed by atoms with Crippen molar-refractivity contribution in [3.8, 4) is 0 Å². The molecule has 0 bridgehead atoms. The van der Waals surface area contributed by atoms with Crippen molar-refractivity contribution in [2.24, 2.45) is 0 Å². The van der Waals surface area contributed by atoms with Crippen molar-refractivity contribution in [3.05, 3.63) is 0 Å². The number of carboxylic acids is 1. The van der Waals surface area contributed by atoms with E-state index in [4.69, 9.17) is 5.11 Å². The van der Waals surface area contributed by atoms with Crippen molar-refractivity contribution in [2.75, 3.05) is 52.4 Å². The number of hydrogen-bond donors (Lipinski definition) is 3. The molecule has 1 aliphatic carbocycles. The molecule has 156 valence electrons. The molecular formula is C19H37N5O3. The molecule has 0 aromatic carbocycles. The van der Waals surface area contributed by atoms with Gasteiger partial charge in [0.05, 0.1) is 6.54 Å². The number of aliphatic carboxylic acids is 1. The van der Waals surface area contributed by atoms with E-state index in [1.807, 2.05) is 11.8 Å². The van der Waals surface area contributed by atoms with Crippen LogP contribution >= 0.6 is 0 Å². The number of amides is 2. The van der Waals surface area contributed by atoms with E-state index in [2.05, 4.69) is 41.2 Å². The van der Waals surface area contributed by atoms with Crippen molar-refractivity contribution in [2.45, 2.75) is 58.2 Å². The van der Waals surface area contributed by atoms with Crippen LogP contribution in [0, 0.1) is 0 Å². The Morgan fingerprint density at radius 1 is 1.11 bits per heavy atom. The van der Waals surface area contributed by atoms with Gasteiger partial charge in [-0.15, -0.1) is 0 Å². The van der Waals surface area contributed by atoms with E-state index in [0.29, 0.717) is 6.54 Å². The minimum Gasteiger partial charge on any atom is -0.480 e. The second kappa shape index (κ2) is 9.71. The zero-order chi connectivity index (χ0) is 20.0. The molecule has 8 nitrogen and oxygen atoms in total. The fourth-order valence-electron chi connectivity index (χ4n) is 4.07. The second-order valence-electron chi connectivity index (χ2n) is 8.47. The number of nitrogens with zero attached hydrogens (tertiary/aromatic N) is 3. The lowest BCUT2D eigenvalue weighted by molar-refractivity contribution is -0.139. The summed E-state index contributed by atoms with van der Waals surface area (Å²) >= 11 is 0. The highest BCUT2D eigenvalue weighted by Gasteiger charge is 2.35. The lowest BCUT2D eigenvalue weighted by atomic mass is 9.85. The molecule has 2 amide bonds. The molecule has 0 aromatic heterocycles. The lowest BCUT2D eigenvalue weighted by Crippen LogP contribution is -2.61. The van der Waals surface area contributed by atoms with E-state index in [1.54, 1.807) is 0 Å². The number of urea groups is 1. The molecule has 1 saturated heterocycles.